The third-order valence-electron chi connectivity index (χ3n) is 6.26. The van der Waals surface area contributed by atoms with E-state index < -0.39 is 0 Å². The number of amides is 1. The maximum atomic E-state index is 11.8. The van der Waals surface area contributed by atoms with Crippen molar-refractivity contribution in [2.24, 2.45) is 7.05 Å². The monoisotopic (exact) mass is 534 g/mol. The summed E-state index contributed by atoms with van der Waals surface area (Å²) >= 11 is 6.76. The first-order chi connectivity index (χ1) is 18.8. The lowest BCUT2D eigenvalue weighted by Gasteiger charge is -2.13. The van der Waals surface area contributed by atoms with Crippen LogP contribution in [0.5, 0.6) is 11.6 Å². The molecular weight excluding hydrogens is 512 g/mol. The molecule has 0 unspecified atom stereocenters. The van der Waals surface area contributed by atoms with Gasteiger partial charge in [-0.05, 0) is 55.0 Å². The summed E-state index contributed by atoms with van der Waals surface area (Å²) in [6.07, 6.45) is 2.65. The highest BCUT2D eigenvalue weighted by molar-refractivity contribution is 6.34. The van der Waals surface area contributed by atoms with Crippen molar-refractivity contribution in [1.29, 1.82) is 5.26 Å². The highest BCUT2D eigenvalue weighted by atomic mass is 35.5. The maximum Gasteiger partial charge on any atom is 0.247 e. The second-order valence-electron chi connectivity index (χ2n) is 8.81. The summed E-state index contributed by atoms with van der Waals surface area (Å²) in [4.78, 5) is 20.5. The van der Waals surface area contributed by atoms with Crippen molar-refractivity contribution in [3.05, 3.63) is 95.8 Å². The molecule has 0 saturated heterocycles. The molecule has 0 aliphatic carbocycles. The minimum absolute atomic E-state index is 0.288. The number of benzene rings is 2. The molecule has 3 heterocycles. The van der Waals surface area contributed by atoms with Crippen molar-refractivity contribution in [2.75, 3.05) is 11.1 Å². The summed E-state index contributed by atoms with van der Waals surface area (Å²) < 4.78 is 7.83. The predicted octanol–water partition coefficient (Wildman–Crippen LogP) is 6.63. The summed E-state index contributed by atoms with van der Waals surface area (Å²) in [6, 6.07) is 20.5. The van der Waals surface area contributed by atoms with Crippen LogP contribution in [0.15, 0.2) is 79.5 Å². The molecule has 0 fully saturated rings. The smallest absolute Gasteiger partial charge is 0.247 e. The molecule has 0 radical (unpaired) electrons. The molecule has 5 aromatic rings. The summed E-state index contributed by atoms with van der Waals surface area (Å²) in [5.74, 6) is 1.06. The third-order valence-corrected chi connectivity index (χ3v) is 6.58. The van der Waals surface area contributed by atoms with Crippen molar-refractivity contribution in [2.45, 2.75) is 6.92 Å². The van der Waals surface area contributed by atoms with E-state index in [1.807, 2.05) is 61.0 Å². The molecule has 3 aromatic heterocycles. The number of anilines is 2. The summed E-state index contributed by atoms with van der Waals surface area (Å²) in [5.41, 5.74) is 11.8. The largest absolute Gasteiger partial charge is 0.439 e. The van der Waals surface area contributed by atoms with Crippen molar-refractivity contribution in [1.82, 2.24) is 14.5 Å². The third kappa shape index (κ3) is 4.79. The van der Waals surface area contributed by atoms with Crippen LogP contribution in [-0.4, -0.2) is 20.4 Å². The molecule has 0 spiro atoms. The number of carbonyl (C=O) groups excluding carboxylic acids is 1. The van der Waals surface area contributed by atoms with Crippen LogP contribution in [0.25, 0.3) is 33.3 Å². The Hall–Kier alpha value is -5.13. The van der Waals surface area contributed by atoms with Gasteiger partial charge in [0.2, 0.25) is 11.8 Å². The second-order valence-corrected chi connectivity index (χ2v) is 9.21. The van der Waals surface area contributed by atoms with Crippen LogP contribution >= 0.6 is 11.6 Å². The Morgan fingerprint density at radius 2 is 1.97 bits per heavy atom. The number of aryl methyl sites for hydroxylation is 2. The van der Waals surface area contributed by atoms with E-state index in [0.717, 1.165) is 22.5 Å². The molecular formula is C30H23ClN6O2. The molecule has 9 heteroatoms. The number of nitrogens with two attached hydrogens (primary N) is 1. The van der Waals surface area contributed by atoms with Gasteiger partial charge in [-0.1, -0.05) is 36.4 Å². The second kappa shape index (κ2) is 10.3. The quantitative estimate of drug-likeness (QED) is 0.236. The lowest BCUT2D eigenvalue weighted by Crippen LogP contribution is -2.07. The van der Waals surface area contributed by atoms with E-state index in [9.17, 15) is 10.1 Å². The number of fused-ring (bicyclic) bond motifs is 1. The number of hydrogen-bond acceptors (Lipinski definition) is 6. The van der Waals surface area contributed by atoms with Gasteiger partial charge < -0.3 is 20.4 Å². The van der Waals surface area contributed by atoms with Crippen molar-refractivity contribution in [3.8, 4) is 40.1 Å². The van der Waals surface area contributed by atoms with Crippen LogP contribution in [0.3, 0.4) is 0 Å². The Labute approximate surface area is 230 Å². The average Bonchev–Trinajstić information content (AvgIpc) is 3.23. The first kappa shape index (κ1) is 25.5. The Bertz CT molecular complexity index is 1800. The zero-order valence-electron chi connectivity index (χ0n) is 21.2. The number of halogens is 1. The van der Waals surface area contributed by atoms with E-state index in [2.05, 4.69) is 27.9 Å². The highest BCUT2D eigenvalue weighted by Gasteiger charge is 2.24. The molecule has 1 amide bonds. The first-order valence-corrected chi connectivity index (χ1v) is 12.3. The number of rotatable bonds is 6. The molecule has 0 bridgehead atoms. The Kier molecular flexibility index (Phi) is 6.75. The Morgan fingerprint density at radius 3 is 2.64 bits per heavy atom. The predicted molar refractivity (Wildman–Crippen MR) is 154 cm³/mol. The van der Waals surface area contributed by atoms with Crippen LogP contribution < -0.4 is 15.8 Å². The number of carbonyl (C=O) groups is 1. The SMILES string of the molecule is C=CC(=O)Nc1ccc(-c2c(-c3ccc(Oc4cccc(C)n4)cc3)c3c(N)ncc(C#N)c3n2C)c(Cl)c1. The van der Waals surface area contributed by atoms with Crippen molar-refractivity contribution < 1.29 is 9.53 Å². The number of hydrogen-bond donors (Lipinski definition) is 2. The Morgan fingerprint density at radius 1 is 1.21 bits per heavy atom. The van der Waals surface area contributed by atoms with Gasteiger partial charge in [0.1, 0.15) is 17.6 Å². The van der Waals surface area contributed by atoms with Gasteiger partial charge in [-0.15, -0.1) is 0 Å². The van der Waals surface area contributed by atoms with Crippen LogP contribution in [0, 0.1) is 18.3 Å². The molecule has 0 aliphatic heterocycles. The van der Waals surface area contributed by atoms with Gasteiger partial charge in [0.05, 0.1) is 27.2 Å². The minimum Gasteiger partial charge on any atom is -0.439 e. The molecule has 3 N–H and O–H groups in total. The lowest BCUT2D eigenvalue weighted by molar-refractivity contribution is -0.111. The van der Waals surface area contributed by atoms with E-state index in [1.54, 1.807) is 18.2 Å². The van der Waals surface area contributed by atoms with Crippen LogP contribution in [0.1, 0.15) is 11.3 Å². The fourth-order valence-electron chi connectivity index (χ4n) is 4.55. The van der Waals surface area contributed by atoms with Gasteiger partial charge in [0.25, 0.3) is 0 Å². The molecule has 0 aliphatic rings. The van der Waals surface area contributed by atoms with Crippen molar-refractivity contribution in [3.63, 3.8) is 0 Å². The van der Waals surface area contributed by atoms with Gasteiger partial charge in [-0.2, -0.15) is 5.26 Å². The van der Waals surface area contributed by atoms with Gasteiger partial charge in [-0.3, -0.25) is 4.79 Å². The first-order valence-electron chi connectivity index (χ1n) is 11.9. The number of nitriles is 1. The normalized spacial score (nSPS) is 10.7. The average molecular weight is 535 g/mol. The molecule has 8 nitrogen and oxygen atoms in total. The molecule has 192 valence electrons. The molecule has 0 atom stereocenters. The van der Waals surface area contributed by atoms with E-state index >= 15 is 0 Å². The maximum absolute atomic E-state index is 11.8. The minimum atomic E-state index is -0.343. The lowest BCUT2D eigenvalue weighted by atomic mass is 9.97. The fourth-order valence-corrected chi connectivity index (χ4v) is 4.82. The Balaban J connectivity index is 1.69. The number of aromatic nitrogens is 3. The summed E-state index contributed by atoms with van der Waals surface area (Å²) in [5, 5.41) is 13.6. The summed E-state index contributed by atoms with van der Waals surface area (Å²) in [7, 11) is 1.85. The molecule has 0 saturated carbocycles. The number of nitrogen functional groups attached to an aromatic ring is 1. The zero-order chi connectivity index (χ0) is 27.7. The molecule has 39 heavy (non-hydrogen) atoms. The summed E-state index contributed by atoms with van der Waals surface area (Å²) in [6.45, 7) is 5.38. The number of ether oxygens (including phenoxy) is 1. The van der Waals surface area contributed by atoms with E-state index in [-0.39, 0.29) is 11.7 Å². The van der Waals surface area contributed by atoms with E-state index in [0.29, 0.717) is 44.4 Å². The number of pyridine rings is 2. The molecule has 2 aromatic carbocycles. The highest BCUT2D eigenvalue weighted by Crippen LogP contribution is 2.45. The van der Waals surface area contributed by atoms with Gasteiger partial charge in [0, 0.05) is 41.8 Å². The van der Waals surface area contributed by atoms with Gasteiger partial charge >= 0.3 is 0 Å². The van der Waals surface area contributed by atoms with Crippen LogP contribution in [0.2, 0.25) is 5.02 Å². The number of nitrogens with one attached hydrogen (secondary N) is 1. The van der Waals surface area contributed by atoms with E-state index in [4.69, 9.17) is 22.1 Å². The van der Waals surface area contributed by atoms with Crippen LogP contribution in [0.4, 0.5) is 11.5 Å². The topological polar surface area (TPSA) is 119 Å². The molecule has 5 rings (SSSR count). The van der Waals surface area contributed by atoms with Gasteiger partial charge in [0.15, 0.2) is 0 Å². The number of nitrogens with zero attached hydrogens (tertiary/aromatic N) is 4. The van der Waals surface area contributed by atoms with Crippen molar-refractivity contribution >= 4 is 39.9 Å². The zero-order valence-corrected chi connectivity index (χ0v) is 22.0. The van der Waals surface area contributed by atoms with Gasteiger partial charge in [-0.25, -0.2) is 9.97 Å². The standard InChI is InChI=1S/C30H23ClN6O2/c1-4-24(38)36-20-10-13-22(23(31)14-20)29-26(27-28(37(29)3)19(15-32)16-34-30(27)33)18-8-11-21(12-9-18)39-25-7-5-6-17(2)35-25/h4-14,16H,1H2,2-3H3,(H2,33,34)(H,36,38). The van der Waals surface area contributed by atoms with Crippen LogP contribution in [-0.2, 0) is 11.8 Å². The fraction of sp³-hybridized carbons (Fsp3) is 0.0667. The van der Waals surface area contributed by atoms with E-state index in [1.165, 1.54) is 12.3 Å².